The van der Waals surface area contributed by atoms with Crippen LogP contribution < -0.4 is 22.5 Å². The Morgan fingerprint density at radius 3 is 1.58 bits per heavy atom. The number of nitrogens with one attached hydrogen (secondary N) is 2. The van der Waals surface area contributed by atoms with Gasteiger partial charge in [-0.15, -0.1) is 0 Å². The molecule has 212 valence electrons. The molecule has 2 aromatic rings. The van der Waals surface area contributed by atoms with Gasteiger partial charge in [0.2, 0.25) is 0 Å². The number of phosphoric acid groups is 1. The van der Waals surface area contributed by atoms with Gasteiger partial charge in [-0.25, -0.2) is 14.2 Å². The number of rotatable bonds is 6. The van der Waals surface area contributed by atoms with Gasteiger partial charge in [0.05, 0.1) is 13.2 Å². The molecule has 2 aliphatic rings. The number of aliphatic hydroxyl groups excluding tert-OH is 5. The summed E-state index contributed by atoms with van der Waals surface area (Å²) < 4.78 is 26.9. The van der Waals surface area contributed by atoms with Gasteiger partial charge in [0.15, 0.2) is 12.5 Å². The quantitative estimate of drug-likeness (QED) is 0.147. The Bertz CT molecular complexity index is 1380. The summed E-state index contributed by atoms with van der Waals surface area (Å²) in [4.78, 5) is 66.0. The second-order valence-electron chi connectivity index (χ2n) is 8.10. The van der Waals surface area contributed by atoms with Crippen molar-refractivity contribution >= 4 is 7.82 Å². The van der Waals surface area contributed by atoms with Crippen LogP contribution in [0.3, 0.4) is 0 Å². The Kier molecular flexibility index (Phi) is 9.34. The lowest BCUT2D eigenvalue weighted by atomic mass is 10.1. The van der Waals surface area contributed by atoms with E-state index in [2.05, 4.69) is 4.52 Å². The number of phosphoric ester groups is 1. The van der Waals surface area contributed by atoms with E-state index in [4.69, 9.17) is 24.4 Å². The van der Waals surface area contributed by atoms with Crippen molar-refractivity contribution in [3.05, 3.63) is 66.2 Å². The Balaban J connectivity index is 0.000000215. The van der Waals surface area contributed by atoms with Crippen molar-refractivity contribution in [3.63, 3.8) is 0 Å². The van der Waals surface area contributed by atoms with Crippen LogP contribution in [0.25, 0.3) is 0 Å². The lowest BCUT2D eigenvalue weighted by molar-refractivity contribution is -0.0550. The van der Waals surface area contributed by atoms with Crippen molar-refractivity contribution in [2.45, 2.75) is 49.1 Å². The lowest BCUT2D eigenvalue weighted by Gasteiger charge is -2.16. The Hall–Kier alpha value is -2.81. The summed E-state index contributed by atoms with van der Waals surface area (Å²) in [5, 5.41) is 47.6. The summed E-state index contributed by atoms with van der Waals surface area (Å²) in [6.07, 6.45) is -8.17. The number of hydrogen-bond acceptors (Lipinski definition) is 13. The molecule has 2 fully saturated rings. The fraction of sp³-hybridized carbons (Fsp3) is 0.556. The molecule has 0 aromatic carbocycles. The molecule has 0 spiro atoms. The zero-order valence-corrected chi connectivity index (χ0v) is 20.0. The minimum Gasteiger partial charge on any atom is -0.394 e. The maximum Gasteiger partial charge on any atom is 0.469 e. The van der Waals surface area contributed by atoms with E-state index < -0.39 is 92.6 Å². The van der Waals surface area contributed by atoms with E-state index in [0.717, 1.165) is 33.7 Å². The molecular weight excluding hydrogens is 543 g/mol. The minimum atomic E-state index is -4.76. The highest BCUT2D eigenvalue weighted by Crippen LogP contribution is 2.38. The first-order chi connectivity index (χ1) is 17.7. The highest BCUT2D eigenvalue weighted by molar-refractivity contribution is 7.46. The summed E-state index contributed by atoms with van der Waals surface area (Å²) in [5.74, 6) is 0. The highest BCUT2D eigenvalue weighted by atomic mass is 31.2. The van der Waals surface area contributed by atoms with E-state index in [1.807, 2.05) is 9.97 Å². The molecule has 0 bridgehead atoms. The summed E-state index contributed by atoms with van der Waals surface area (Å²) in [6.45, 7) is -1.16. The molecule has 4 heterocycles. The summed E-state index contributed by atoms with van der Waals surface area (Å²) in [5.41, 5.74) is -2.84. The normalized spacial score (nSPS) is 31.1. The van der Waals surface area contributed by atoms with Gasteiger partial charge in [-0.2, -0.15) is 0 Å². The van der Waals surface area contributed by atoms with Gasteiger partial charge in [0.1, 0.15) is 36.6 Å². The van der Waals surface area contributed by atoms with Gasteiger partial charge >= 0.3 is 19.2 Å². The third-order valence-corrected chi connectivity index (χ3v) is 6.00. The van der Waals surface area contributed by atoms with Gasteiger partial charge in [0.25, 0.3) is 11.1 Å². The monoisotopic (exact) mass is 568 g/mol. The van der Waals surface area contributed by atoms with Gasteiger partial charge in [-0.1, -0.05) is 0 Å². The molecule has 2 aliphatic heterocycles. The van der Waals surface area contributed by atoms with Crippen LogP contribution in [-0.4, -0.2) is 104 Å². The molecule has 38 heavy (non-hydrogen) atoms. The minimum absolute atomic E-state index is 0.479. The van der Waals surface area contributed by atoms with Crippen molar-refractivity contribution in [2.24, 2.45) is 0 Å². The van der Waals surface area contributed by atoms with E-state index in [9.17, 15) is 44.2 Å². The van der Waals surface area contributed by atoms with Crippen LogP contribution in [0.4, 0.5) is 0 Å². The summed E-state index contributed by atoms with van der Waals surface area (Å²) in [6, 6.07) is 2.11. The number of aliphatic hydroxyl groups is 5. The van der Waals surface area contributed by atoms with Crippen LogP contribution in [-0.2, 0) is 18.6 Å². The average Bonchev–Trinajstić information content (AvgIpc) is 3.28. The molecule has 0 saturated carbocycles. The first-order valence-corrected chi connectivity index (χ1v) is 12.2. The maximum atomic E-state index is 11.6. The van der Waals surface area contributed by atoms with Crippen LogP contribution >= 0.6 is 7.82 Å². The fourth-order valence-electron chi connectivity index (χ4n) is 3.63. The van der Waals surface area contributed by atoms with Crippen molar-refractivity contribution in [2.75, 3.05) is 13.2 Å². The first-order valence-electron chi connectivity index (χ1n) is 10.7. The lowest BCUT2D eigenvalue weighted by Crippen LogP contribution is -2.37. The van der Waals surface area contributed by atoms with E-state index in [1.54, 1.807) is 0 Å². The molecule has 0 radical (unpaired) electrons. The van der Waals surface area contributed by atoms with Crippen LogP contribution in [0, 0.1) is 0 Å². The molecular formula is C18H25N4O15P. The van der Waals surface area contributed by atoms with Crippen molar-refractivity contribution in [1.82, 2.24) is 19.1 Å². The molecule has 4 rings (SSSR count). The molecule has 19 nitrogen and oxygen atoms in total. The number of aromatic amines is 2. The zero-order chi connectivity index (χ0) is 28.4. The topological polar surface area (TPSA) is 296 Å². The molecule has 8 atom stereocenters. The standard InChI is InChI=1S/C9H13N2O9P.C9H12N2O6/c12-5-1-2-11(9(15)10-5)8-7(14)6(13)4(20-8)3-19-21(16,17)18;12-3-4-6(14)7(15)8(17-4)11-2-1-5(13)10-9(11)16/h1-2,4,6-8,13-14H,3H2,(H,10,12,15)(H2,16,17,18);1-2,4,6-8,12,14-15H,3H2,(H,10,13,16)/t2*4-,6+,7?,8-/m11/s1. The number of nitrogens with zero attached hydrogens (tertiary/aromatic N) is 2. The van der Waals surface area contributed by atoms with Gasteiger partial charge in [0, 0.05) is 24.5 Å². The number of aromatic nitrogens is 4. The highest BCUT2D eigenvalue weighted by Gasteiger charge is 2.45. The SMILES string of the molecule is O=c1ccn([C@@H]2O[C@H](CO)[C@H](O)C2O)c(=O)[nH]1.O=c1ccn([C@@H]2O[C@H](COP(=O)(O)O)[C@H](O)C2O)c(=O)[nH]1. The van der Waals surface area contributed by atoms with Crippen molar-refractivity contribution in [3.8, 4) is 0 Å². The molecule has 20 heteroatoms. The second-order valence-corrected chi connectivity index (χ2v) is 9.34. The van der Waals surface area contributed by atoms with Crippen LogP contribution in [0.5, 0.6) is 0 Å². The van der Waals surface area contributed by atoms with E-state index in [0.29, 0.717) is 0 Å². The number of ether oxygens (including phenoxy) is 2. The van der Waals surface area contributed by atoms with Crippen LogP contribution in [0.1, 0.15) is 12.5 Å². The van der Waals surface area contributed by atoms with E-state index in [-0.39, 0.29) is 0 Å². The average molecular weight is 568 g/mol. The third kappa shape index (κ3) is 6.79. The molecule has 2 aromatic heterocycles. The Morgan fingerprint density at radius 2 is 1.21 bits per heavy atom. The fourth-order valence-corrected chi connectivity index (χ4v) is 3.97. The molecule has 2 saturated heterocycles. The summed E-state index contributed by atoms with van der Waals surface area (Å²) in [7, 11) is -4.76. The number of hydrogen-bond donors (Lipinski definition) is 9. The number of H-pyrrole nitrogens is 2. The predicted octanol–water partition coefficient (Wildman–Crippen LogP) is -5.59. The third-order valence-electron chi connectivity index (χ3n) is 5.51. The Labute approximate surface area is 210 Å². The van der Waals surface area contributed by atoms with Gasteiger partial charge in [-0.05, 0) is 0 Å². The van der Waals surface area contributed by atoms with Crippen LogP contribution in [0.2, 0.25) is 0 Å². The Morgan fingerprint density at radius 1 is 0.789 bits per heavy atom. The maximum absolute atomic E-state index is 11.6. The van der Waals surface area contributed by atoms with Crippen molar-refractivity contribution < 1.29 is 53.9 Å². The molecule has 9 N–H and O–H groups in total. The second kappa shape index (κ2) is 11.9. The molecule has 0 aliphatic carbocycles. The largest absolute Gasteiger partial charge is 0.469 e. The van der Waals surface area contributed by atoms with Crippen LogP contribution in [0.15, 0.2) is 43.7 Å². The zero-order valence-electron chi connectivity index (χ0n) is 19.1. The van der Waals surface area contributed by atoms with Gasteiger partial charge < -0.3 is 44.8 Å². The molecule has 2 unspecified atom stereocenters. The van der Waals surface area contributed by atoms with Gasteiger partial charge in [-0.3, -0.25) is 33.2 Å². The van der Waals surface area contributed by atoms with Crippen molar-refractivity contribution in [1.29, 1.82) is 0 Å². The molecule has 0 amide bonds. The predicted molar refractivity (Wildman–Crippen MR) is 120 cm³/mol. The first kappa shape index (κ1) is 29.7. The van der Waals surface area contributed by atoms with E-state index in [1.165, 1.54) is 0 Å². The summed E-state index contributed by atoms with van der Waals surface area (Å²) >= 11 is 0. The van der Waals surface area contributed by atoms with E-state index >= 15 is 0 Å². The smallest absolute Gasteiger partial charge is 0.394 e.